The molecule has 0 bridgehead atoms. The second kappa shape index (κ2) is 10.5. The van der Waals surface area contributed by atoms with Crippen molar-refractivity contribution in [2.24, 2.45) is 4.99 Å². The summed E-state index contributed by atoms with van der Waals surface area (Å²) in [5.41, 5.74) is 6.12. The topological polar surface area (TPSA) is 60.5 Å². The van der Waals surface area contributed by atoms with Crippen molar-refractivity contribution in [2.75, 3.05) is 0 Å². The van der Waals surface area contributed by atoms with Gasteiger partial charge in [-0.25, -0.2) is 15.0 Å². The van der Waals surface area contributed by atoms with Gasteiger partial charge in [-0.05, 0) is 23.3 Å². The van der Waals surface area contributed by atoms with E-state index in [-0.39, 0.29) is 12.1 Å². The zero-order valence-electron chi connectivity index (χ0n) is 21.6. The lowest BCUT2D eigenvalue weighted by Crippen LogP contribution is -2.10. The molecule has 0 fully saturated rings. The summed E-state index contributed by atoms with van der Waals surface area (Å²) in [6.07, 6.45) is -0.250. The van der Waals surface area contributed by atoms with Crippen molar-refractivity contribution >= 4 is 5.90 Å². The van der Waals surface area contributed by atoms with Crippen LogP contribution in [0.2, 0.25) is 0 Å². The van der Waals surface area contributed by atoms with Gasteiger partial charge in [-0.3, -0.25) is 0 Å². The van der Waals surface area contributed by atoms with Crippen LogP contribution in [0.15, 0.2) is 149 Å². The molecule has 2 aromatic heterocycles. The molecule has 2 atom stereocenters. The van der Waals surface area contributed by atoms with Gasteiger partial charge in [-0.15, -0.1) is 0 Å². The van der Waals surface area contributed by atoms with Gasteiger partial charge >= 0.3 is 0 Å². The van der Waals surface area contributed by atoms with Gasteiger partial charge in [0.1, 0.15) is 23.1 Å². The zero-order valence-corrected chi connectivity index (χ0v) is 21.6. The lowest BCUT2D eigenvalue weighted by Gasteiger charge is -2.18. The molecule has 3 heterocycles. The number of benzene rings is 4. The van der Waals surface area contributed by atoms with Crippen LogP contribution >= 0.6 is 0 Å². The largest absolute Gasteiger partial charge is 0.465 e. The Kier molecular flexibility index (Phi) is 6.23. The van der Waals surface area contributed by atoms with Crippen LogP contribution in [0.3, 0.4) is 0 Å². The fourth-order valence-corrected chi connectivity index (χ4v) is 5.01. The Balaban J connectivity index is 1.28. The van der Waals surface area contributed by atoms with Crippen LogP contribution in [0.5, 0.6) is 0 Å². The molecule has 7 rings (SSSR count). The predicted octanol–water partition coefficient (Wildman–Crippen LogP) is 8.33. The SMILES string of the molecule is c1ccc(-c2nc(-c3cccc(C4=N[C@@H](c5ccccc5)[C@@H](c5ccccc5)O4)n3)oc2-c2ccccc2)cc1. The highest BCUT2D eigenvalue weighted by Crippen LogP contribution is 2.41. The first-order chi connectivity index (χ1) is 19.8. The maximum Gasteiger partial charge on any atom is 0.246 e. The minimum Gasteiger partial charge on any atom is -0.465 e. The maximum absolute atomic E-state index is 6.50. The van der Waals surface area contributed by atoms with Crippen molar-refractivity contribution in [3.63, 3.8) is 0 Å². The molecular weight excluding hydrogens is 494 g/mol. The van der Waals surface area contributed by atoms with Gasteiger partial charge in [-0.1, -0.05) is 127 Å². The van der Waals surface area contributed by atoms with Crippen LogP contribution in [0.4, 0.5) is 0 Å². The Hall–Kier alpha value is -5.29. The Bertz CT molecular complexity index is 1710. The minimum atomic E-state index is -0.250. The van der Waals surface area contributed by atoms with Crippen molar-refractivity contribution in [3.8, 4) is 34.2 Å². The third-order valence-electron chi connectivity index (χ3n) is 6.95. The van der Waals surface area contributed by atoms with E-state index in [1.54, 1.807) is 0 Å². The number of nitrogens with zero attached hydrogens (tertiary/aromatic N) is 3. The highest BCUT2D eigenvalue weighted by atomic mass is 16.5. The summed E-state index contributed by atoms with van der Waals surface area (Å²) in [4.78, 5) is 14.8. The van der Waals surface area contributed by atoms with Gasteiger partial charge in [0.15, 0.2) is 11.9 Å². The van der Waals surface area contributed by atoms with Crippen LogP contribution in [-0.4, -0.2) is 15.9 Å². The molecule has 5 nitrogen and oxygen atoms in total. The molecule has 0 N–H and O–H groups in total. The van der Waals surface area contributed by atoms with Crippen LogP contribution in [0.25, 0.3) is 34.2 Å². The summed E-state index contributed by atoms with van der Waals surface area (Å²) in [5, 5.41) is 0. The van der Waals surface area contributed by atoms with Gasteiger partial charge in [0.25, 0.3) is 0 Å². The van der Waals surface area contributed by atoms with E-state index in [2.05, 4.69) is 24.3 Å². The summed E-state index contributed by atoms with van der Waals surface area (Å²) in [6.45, 7) is 0. The molecule has 0 saturated carbocycles. The van der Waals surface area contributed by atoms with E-state index in [9.17, 15) is 0 Å². The molecule has 1 aliphatic heterocycles. The van der Waals surface area contributed by atoms with E-state index in [0.717, 1.165) is 27.9 Å². The van der Waals surface area contributed by atoms with E-state index in [0.29, 0.717) is 28.9 Å². The fraction of sp³-hybridized carbons (Fsp3) is 0.0571. The third kappa shape index (κ3) is 4.58. The molecule has 0 saturated heterocycles. The van der Waals surface area contributed by atoms with E-state index < -0.39 is 0 Å². The Morgan fingerprint density at radius 1 is 0.500 bits per heavy atom. The lowest BCUT2D eigenvalue weighted by molar-refractivity contribution is 0.196. The second-order valence-corrected chi connectivity index (χ2v) is 9.58. The number of hydrogen-bond acceptors (Lipinski definition) is 5. The minimum absolute atomic E-state index is 0.180. The molecule has 1 aliphatic rings. The van der Waals surface area contributed by atoms with E-state index in [4.69, 9.17) is 24.1 Å². The van der Waals surface area contributed by atoms with Crippen molar-refractivity contribution in [3.05, 3.63) is 156 Å². The van der Waals surface area contributed by atoms with Gasteiger partial charge in [0, 0.05) is 11.1 Å². The monoisotopic (exact) mass is 519 g/mol. The van der Waals surface area contributed by atoms with E-state index in [1.165, 1.54) is 0 Å². The Morgan fingerprint density at radius 2 is 1.07 bits per heavy atom. The predicted molar refractivity (Wildman–Crippen MR) is 157 cm³/mol. The normalized spacial score (nSPS) is 16.4. The highest BCUT2D eigenvalue weighted by molar-refractivity contribution is 5.94. The first kappa shape index (κ1) is 23.8. The van der Waals surface area contributed by atoms with Gasteiger partial charge < -0.3 is 9.15 Å². The molecule has 0 aliphatic carbocycles. The second-order valence-electron chi connectivity index (χ2n) is 9.58. The molecule has 6 aromatic rings. The molecular formula is C35H25N3O2. The average Bonchev–Trinajstić information content (AvgIpc) is 3.69. The summed E-state index contributed by atoms with van der Waals surface area (Å²) in [7, 11) is 0. The number of oxazole rings is 1. The average molecular weight is 520 g/mol. The summed E-state index contributed by atoms with van der Waals surface area (Å²) in [5.74, 6) is 1.65. The van der Waals surface area contributed by atoms with Gasteiger partial charge in [0.05, 0.1) is 0 Å². The van der Waals surface area contributed by atoms with Crippen LogP contribution in [0.1, 0.15) is 29.0 Å². The summed E-state index contributed by atoms with van der Waals surface area (Å²) >= 11 is 0. The molecule has 0 spiro atoms. The fourth-order valence-electron chi connectivity index (χ4n) is 5.01. The first-order valence-corrected chi connectivity index (χ1v) is 13.3. The highest BCUT2D eigenvalue weighted by Gasteiger charge is 2.34. The van der Waals surface area contributed by atoms with Crippen molar-refractivity contribution in [1.82, 2.24) is 9.97 Å². The zero-order chi connectivity index (χ0) is 26.7. The summed E-state index contributed by atoms with van der Waals surface area (Å²) < 4.78 is 12.9. The van der Waals surface area contributed by atoms with Crippen LogP contribution in [-0.2, 0) is 4.74 Å². The van der Waals surface area contributed by atoms with E-state index in [1.807, 2.05) is 115 Å². The van der Waals surface area contributed by atoms with Crippen molar-refractivity contribution in [1.29, 1.82) is 0 Å². The Morgan fingerprint density at radius 3 is 1.75 bits per heavy atom. The first-order valence-electron chi connectivity index (χ1n) is 13.3. The molecule has 40 heavy (non-hydrogen) atoms. The number of pyridine rings is 1. The standard InChI is InChI=1S/C35H25N3O2/c1-5-14-24(15-6-1)30-32(26-18-9-3-10-19-26)39-34(37-30)28-22-13-23-29(36-28)35-38-31(25-16-7-2-8-17-25)33(40-35)27-20-11-4-12-21-27/h1-23,30,32H/t30-,32+/m0/s1. The van der Waals surface area contributed by atoms with Crippen LogP contribution in [0, 0.1) is 0 Å². The third-order valence-corrected chi connectivity index (χ3v) is 6.95. The Labute approximate surface area is 232 Å². The molecule has 5 heteroatoms. The molecule has 0 radical (unpaired) electrons. The molecule has 4 aromatic carbocycles. The number of aliphatic imine (C=N–C) groups is 1. The number of hydrogen-bond donors (Lipinski definition) is 0. The van der Waals surface area contributed by atoms with Crippen molar-refractivity contribution in [2.45, 2.75) is 12.1 Å². The van der Waals surface area contributed by atoms with Crippen LogP contribution < -0.4 is 0 Å². The lowest BCUT2D eigenvalue weighted by atomic mass is 9.97. The molecule has 0 amide bonds. The summed E-state index contributed by atoms with van der Waals surface area (Å²) in [6, 6.07) is 46.1. The smallest absolute Gasteiger partial charge is 0.246 e. The number of aromatic nitrogens is 2. The number of ether oxygens (including phenoxy) is 1. The van der Waals surface area contributed by atoms with Crippen molar-refractivity contribution < 1.29 is 9.15 Å². The quantitative estimate of drug-likeness (QED) is 0.222. The molecule has 0 unspecified atom stereocenters. The van der Waals surface area contributed by atoms with Gasteiger partial charge in [0.2, 0.25) is 11.8 Å². The number of rotatable bonds is 6. The van der Waals surface area contributed by atoms with Gasteiger partial charge in [-0.2, -0.15) is 0 Å². The maximum atomic E-state index is 6.50. The molecule has 192 valence electrons. The van der Waals surface area contributed by atoms with E-state index >= 15 is 0 Å².